The highest BCUT2D eigenvalue weighted by Crippen LogP contribution is 2.68. The molecule has 0 N–H and O–H groups in total. The molecule has 3 saturated carbocycles. The van der Waals surface area contributed by atoms with E-state index in [-0.39, 0.29) is 0 Å². The van der Waals surface area contributed by atoms with E-state index in [0.29, 0.717) is 5.66 Å². The van der Waals surface area contributed by atoms with Crippen molar-refractivity contribution in [1.29, 1.82) is 0 Å². The fourth-order valence-corrected chi connectivity index (χ4v) is 9.32. The maximum absolute atomic E-state index is 13.6. The van der Waals surface area contributed by atoms with Crippen molar-refractivity contribution < 1.29 is 4.57 Å². The van der Waals surface area contributed by atoms with Crippen molar-refractivity contribution in [1.82, 2.24) is 0 Å². The predicted octanol–water partition coefficient (Wildman–Crippen LogP) is 3.88. The standard InChI is InChI=1S/C16H21OP/c17-18(14-4-2-1-3-5-14)11-10-15-12-6-8-13(9-7-12)16(15)18/h1-5,12-13,15-16H,6-11H2/t12?,13?,15-,16+,18+/m1/s1. The first-order valence-corrected chi connectivity index (χ1v) is 9.39. The molecule has 2 heteroatoms. The van der Waals surface area contributed by atoms with Gasteiger partial charge in [0, 0.05) is 17.1 Å². The Bertz CT molecular complexity index is 487. The van der Waals surface area contributed by atoms with Crippen molar-refractivity contribution in [2.75, 3.05) is 6.16 Å². The molecule has 0 radical (unpaired) electrons. The summed E-state index contributed by atoms with van der Waals surface area (Å²) in [5, 5.41) is 1.17. The first kappa shape index (κ1) is 11.3. The molecule has 96 valence electrons. The summed E-state index contributed by atoms with van der Waals surface area (Å²) in [6, 6.07) is 10.4. The summed E-state index contributed by atoms with van der Waals surface area (Å²) in [6.45, 7) is 0. The molecule has 1 nitrogen and oxygen atoms in total. The molecular formula is C16H21OP. The number of rotatable bonds is 1. The van der Waals surface area contributed by atoms with Crippen LogP contribution in [-0.4, -0.2) is 11.8 Å². The highest BCUT2D eigenvalue weighted by molar-refractivity contribution is 7.72. The maximum atomic E-state index is 13.6. The van der Waals surface area contributed by atoms with Gasteiger partial charge in [0.05, 0.1) is 0 Å². The van der Waals surface area contributed by atoms with Crippen LogP contribution in [0.1, 0.15) is 32.1 Å². The van der Waals surface area contributed by atoms with Gasteiger partial charge in [0.15, 0.2) is 0 Å². The smallest absolute Gasteiger partial charge is 0.119 e. The van der Waals surface area contributed by atoms with Crippen molar-refractivity contribution in [2.24, 2.45) is 17.8 Å². The van der Waals surface area contributed by atoms with E-state index < -0.39 is 7.14 Å². The molecule has 18 heavy (non-hydrogen) atoms. The Hall–Kier alpha value is -0.550. The normalized spacial score (nSPS) is 46.0. The minimum absolute atomic E-state index is 0.549. The lowest BCUT2D eigenvalue weighted by molar-refractivity contribution is 0.110. The molecule has 3 atom stereocenters. The molecule has 1 aromatic carbocycles. The Kier molecular flexibility index (Phi) is 2.49. The molecule has 1 saturated heterocycles. The second-order valence-corrected chi connectivity index (χ2v) is 9.62. The number of fused-ring (bicyclic) bond motifs is 2. The molecule has 1 heterocycles. The minimum atomic E-state index is -2.10. The summed E-state index contributed by atoms with van der Waals surface area (Å²) in [7, 11) is -2.10. The zero-order valence-corrected chi connectivity index (χ0v) is 11.7. The van der Waals surface area contributed by atoms with Crippen LogP contribution in [0.4, 0.5) is 0 Å². The van der Waals surface area contributed by atoms with E-state index in [1.807, 2.05) is 6.07 Å². The van der Waals surface area contributed by atoms with E-state index in [1.54, 1.807) is 0 Å². The van der Waals surface area contributed by atoms with Crippen molar-refractivity contribution in [3.8, 4) is 0 Å². The second kappa shape index (κ2) is 3.97. The summed E-state index contributed by atoms with van der Waals surface area (Å²) in [5.41, 5.74) is 0.549. The van der Waals surface area contributed by atoms with E-state index >= 15 is 0 Å². The molecule has 0 amide bonds. The van der Waals surface area contributed by atoms with E-state index in [2.05, 4.69) is 24.3 Å². The molecule has 4 aliphatic rings. The third kappa shape index (κ3) is 1.43. The van der Waals surface area contributed by atoms with Crippen molar-refractivity contribution in [3.63, 3.8) is 0 Å². The average Bonchev–Trinajstić information content (AvgIpc) is 2.83. The Balaban J connectivity index is 1.77. The van der Waals surface area contributed by atoms with Crippen LogP contribution in [-0.2, 0) is 4.57 Å². The molecule has 3 aliphatic carbocycles. The van der Waals surface area contributed by atoms with Gasteiger partial charge in [-0.1, -0.05) is 30.3 Å². The van der Waals surface area contributed by atoms with Crippen LogP contribution in [0.2, 0.25) is 0 Å². The summed E-state index contributed by atoms with van der Waals surface area (Å²) in [4.78, 5) is 0. The Labute approximate surface area is 109 Å². The van der Waals surface area contributed by atoms with Gasteiger partial charge in [-0.2, -0.15) is 0 Å². The zero-order valence-electron chi connectivity index (χ0n) is 10.8. The summed E-state index contributed by atoms with van der Waals surface area (Å²) >= 11 is 0. The van der Waals surface area contributed by atoms with Crippen LogP contribution >= 0.6 is 7.14 Å². The van der Waals surface area contributed by atoms with Gasteiger partial charge in [-0.25, -0.2) is 0 Å². The molecule has 5 rings (SSSR count). The van der Waals surface area contributed by atoms with Crippen LogP contribution in [0, 0.1) is 17.8 Å². The van der Waals surface area contributed by atoms with Gasteiger partial charge in [0.2, 0.25) is 0 Å². The molecule has 1 aromatic rings. The second-order valence-electron chi connectivity index (χ2n) is 6.47. The highest BCUT2D eigenvalue weighted by Gasteiger charge is 2.55. The molecule has 2 bridgehead atoms. The quantitative estimate of drug-likeness (QED) is 0.700. The van der Waals surface area contributed by atoms with Gasteiger partial charge in [-0.05, 0) is 49.9 Å². The lowest BCUT2D eigenvalue weighted by atomic mass is 9.64. The predicted molar refractivity (Wildman–Crippen MR) is 75.9 cm³/mol. The van der Waals surface area contributed by atoms with Gasteiger partial charge >= 0.3 is 0 Å². The molecular weight excluding hydrogens is 239 g/mol. The van der Waals surface area contributed by atoms with E-state index in [4.69, 9.17) is 0 Å². The van der Waals surface area contributed by atoms with Gasteiger partial charge in [0.25, 0.3) is 0 Å². The summed E-state index contributed by atoms with van der Waals surface area (Å²) in [6.07, 6.45) is 7.75. The van der Waals surface area contributed by atoms with Crippen molar-refractivity contribution >= 4 is 12.4 Å². The first-order valence-electron chi connectivity index (χ1n) is 7.43. The SMILES string of the molecule is O=[P@]1(c2ccccc2)CC[C@@H]2C3CCC(CC3)[C@@H]21. The van der Waals surface area contributed by atoms with Gasteiger partial charge < -0.3 is 4.57 Å². The van der Waals surface area contributed by atoms with E-state index in [0.717, 1.165) is 23.9 Å². The van der Waals surface area contributed by atoms with E-state index in [1.165, 1.54) is 37.4 Å². The van der Waals surface area contributed by atoms with Gasteiger partial charge in [-0.15, -0.1) is 0 Å². The molecule has 0 spiro atoms. The maximum Gasteiger partial charge on any atom is 0.119 e. The van der Waals surface area contributed by atoms with E-state index in [9.17, 15) is 4.57 Å². The largest absolute Gasteiger partial charge is 0.318 e. The fourth-order valence-electron chi connectivity index (χ4n) is 5.07. The highest BCUT2D eigenvalue weighted by atomic mass is 31.2. The fraction of sp³-hybridized carbons (Fsp3) is 0.625. The van der Waals surface area contributed by atoms with Crippen LogP contribution < -0.4 is 5.30 Å². The lowest BCUT2D eigenvalue weighted by Crippen LogP contribution is -2.41. The summed E-state index contributed by atoms with van der Waals surface area (Å²) < 4.78 is 13.6. The van der Waals surface area contributed by atoms with Crippen LogP contribution in [0.25, 0.3) is 0 Å². The lowest BCUT2D eigenvalue weighted by Gasteiger charge is -2.47. The Morgan fingerprint density at radius 1 is 0.889 bits per heavy atom. The van der Waals surface area contributed by atoms with Crippen molar-refractivity contribution in [3.05, 3.63) is 30.3 Å². The first-order chi connectivity index (χ1) is 8.79. The number of hydrogen-bond acceptors (Lipinski definition) is 1. The monoisotopic (exact) mass is 260 g/mol. The Morgan fingerprint density at radius 3 is 2.28 bits per heavy atom. The number of hydrogen-bond donors (Lipinski definition) is 0. The summed E-state index contributed by atoms with van der Waals surface area (Å²) in [5.74, 6) is 2.47. The van der Waals surface area contributed by atoms with Gasteiger partial charge in [0.1, 0.15) is 7.14 Å². The third-order valence-electron chi connectivity index (χ3n) is 5.81. The number of benzene rings is 1. The topological polar surface area (TPSA) is 17.1 Å². The Morgan fingerprint density at radius 2 is 1.56 bits per heavy atom. The molecule has 0 aromatic heterocycles. The zero-order chi connectivity index (χ0) is 12.2. The van der Waals surface area contributed by atoms with Crippen molar-refractivity contribution in [2.45, 2.75) is 37.8 Å². The average molecular weight is 260 g/mol. The van der Waals surface area contributed by atoms with Crippen LogP contribution in [0.3, 0.4) is 0 Å². The molecule has 0 unspecified atom stereocenters. The van der Waals surface area contributed by atoms with Crippen LogP contribution in [0.5, 0.6) is 0 Å². The third-order valence-corrected chi connectivity index (χ3v) is 9.68. The van der Waals surface area contributed by atoms with Crippen LogP contribution in [0.15, 0.2) is 30.3 Å². The molecule has 4 fully saturated rings. The minimum Gasteiger partial charge on any atom is -0.318 e. The van der Waals surface area contributed by atoms with Gasteiger partial charge in [-0.3, -0.25) is 0 Å². The molecule has 1 aliphatic heterocycles.